The van der Waals surface area contributed by atoms with Crippen LogP contribution in [0.3, 0.4) is 0 Å². The predicted molar refractivity (Wildman–Crippen MR) is 76.5 cm³/mol. The summed E-state index contributed by atoms with van der Waals surface area (Å²) in [4.78, 5) is 24.0. The highest BCUT2D eigenvalue weighted by Crippen LogP contribution is 2.33. The second kappa shape index (κ2) is 6.91. The Kier molecular flexibility index (Phi) is 5.39. The quantitative estimate of drug-likeness (QED) is 0.530. The summed E-state index contributed by atoms with van der Waals surface area (Å²) in [5, 5.41) is 0. The van der Waals surface area contributed by atoms with Crippen molar-refractivity contribution in [2.24, 2.45) is 5.92 Å². The maximum atomic E-state index is 12.2. The number of Topliss-reactive ketones (excluding diaryl/α,β-unsaturated/α-hetero) is 2. The molecule has 0 amide bonds. The Labute approximate surface area is 134 Å². The minimum Gasteiger partial charge on any atom is -0.367 e. The summed E-state index contributed by atoms with van der Waals surface area (Å²) >= 11 is 3.19. The van der Waals surface area contributed by atoms with Gasteiger partial charge in [0.1, 0.15) is 6.61 Å². The Hall–Kier alpha value is -1.21. The van der Waals surface area contributed by atoms with E-state index < -0.39 is 24.3 Å². The van der Waals surface area contributed by atoms with E-state index in [2.05, 4.69) is 20.7 Å². The van der Waals surface area contributed by atoms with Crippen LogP contribution in [0, 0.1) is 5.92 Å². The maximum absolute atomic E-state index is 12.2. The summed E-state index contributed by atoms with van der Waals surface area (Å²) in [6.45, 7) is -1.78. The molecular weight excluding hydrogens is 365 g/mol. The van der Waals surface area contributed by atoms with Gasteiger partial charge in [-0.1, -0.05) is 15.9 Å². The van der Waals surface area contributed by atoms with Crippen molar-refractivity contribution in [3.05, 3.63) is 33.8 Å². The number of rotatable bonds is 7. The van der Waals surface area contributed by atoms with Crippen LogP contribution in [-0.4, -0.2) is 24.3 Å². The lowest BCUT2D eigenvalue weighted by Crippen LogP contribution is -2.19. The van der Waals surface area contributed by atoms with Gasteiger partial charge < -0.3 is 4.74 Å². The van der Waals surface area contributed by atoms with Crippen LogP contribution in [0.25, 0.3) is 0 Å². The number of hydrogen-bond donors (Lipinski definition) is 0. The molecule has 0 heterocycles. The van der Waals surface area contributed by atoms with Crippen molar-refractivity contribution in [3.8, 4) is 0 Å². The van der Waals surface area contributed by atoms with Crippen LogP contribution in [0.1, 0.15) is 35.2 Å². The normalized spacial score (nSPS) is 14.9. The van der Waals surface area contributed by atoms with E-state index in [1.54, 1.807) is 6.07 Å². The molecule has 1 saturated carbocycles. The van der Waals surface area contributed by atoms with Crippen molar-refractivity contribution < 1.29 is 27.5 Å². The molecule has 1 aromatic rings. The minimum atomic E-state index is -4.43. The van der Waals surface area contributed by atoms with E-state index in [0.29, 0.717) is 4.47 Å². The van der Waals surface area contributed by atoms with Crippen LogP contribution < -0.4 is 0 Å². The molecule has 0 aliphatic heterocycles. The monoisotopic (exact) mass is 378 g/mol. The van der Waals surface area contributed by atoms with Gasteiger partial charge in [0.2, 0.25) is 11.6 Å². The zero-order valence-corrected chi connectivity index (χ0v) is 13.2. The molecule has 0 atom stereocenters. The summed E-state index contributed by atoms with van der Waals surface area (Å²) in [6.07, 6.45) is -2.34. The largest absolute Gasteiger partial charge is 0.411 e. The van der Waals surface area contributed by atoms with Crippen molar-refractivity contribution >= 4 is 27.5 Å². The molecule has 0 spiro atoms. The summed E-state index contributed by atoms with van der Waals surface area (Å²) in [5.41, 5.74) is 0.379. The molecule has 0 unspecified atom stereocenters. The van der Waals surface area contributed by atoms with Gasteiger partial charge in [-0.3, -0.25) is 9.59 Å². The Morgan fingerprint density at radius 1 is 1.27 bits per heavy atom. The molecule has 0 radical (unpaired) electrons. The first kappa shape index (κ1) is 17.1. The summed E-state index contributed by atoms with van der Waals surface area (Å²) < 4.78 is 41.6. The van der Waals surface area contributed by atoms with Gasteiger partial charge in [-0.25, -0.2) is 0 Å². The second-order valence-corrected chi connectivity index (χ2v) is 6.22. The molecule has 0 N–H and O–H groups in total. The Balaban J connectivity index is 2.08. The zero-order chi connectivity index (χ0) is 16.3. The molecule has 0 aromatic heterocycles. The van der Waals surface area contributed by atoms with E-state index in [1.807, 2.05) is 0 Å². The molecule has 0 bridgehead atoms. The van der Waals surface area contributed by atoms with E-state index in [-0.39, 0.29) is 30.1 Å². The lowest BCUT2D eigenvalue weighted by molar-refractivity contribution is -0.176. The predicted octanol–water partition coefficient (Wildman–Crippen LogP) is 4.08. The SMILES string of the molecule is O=C(CC1CC1)C(=O)c1ccc(Br)cc1COCC(F)(F)F. The van der Waals surface area contributed by atoms with Crippen LogP contribution in [0.4, 0.5) is 13.2 Å². The van der Waals surface area contributed by atoms with E-state index in [1.165, 1.54) is 12.1 Å². The van der Waals surface area contributed by atoms with Gasteiger partial charge in [-0.15, -0.1) is 0 Å². The fourth-order valence-electron chi connectivity index (χ4n) is 2.01. The zero-order valence-electron chi connectivity index (χ0n) is 11.6. The topological polar surface area (TPSA) is 43.4 Å². The third-order valence-electron chi connectivity index (χ3n) is 3.26. The van der Waals surface area contributed by atoms with Crippen molar-refractivity contribution in [2.45, 2.75) is 32.0 Å². The number of carbonyl (C=O) groups is 2. The number of ketones is 2. The van der Waals surface area contributed by atoms with E-state index in [0.717, 1.165) is 12.8 Å². The molecule has 3 nitrogen and oxygen atoms in total. The number of benzene rings is 1. The highest BCUT2D eigenvalue weighted by molar-refractivity contribution is 9.10. The van der Waals surface area contributed by atoms with Crippen LogP contribution in [0.5, 0.6) is 0 Å². The standard InChI is InChI=1S/C15H14BrF3O3/c16-11-3-4-12(14(21)13(20)5-9-1-2-9)10(6-11)7-22-8-15(17,18)19/h3-4,6,9H,1-2,5,7-8H2. The van der Waals surface area contributed by atoms with Gasteiger partial charge in [0.15, 0.2) is 0 Å². The first-order valence-electron chi connectivity index (χ1n) is 6.76. The molecule has 120 valence electrons. The van der Waals surface area contributed by atoms with Gasteiger partial charge in [-0.2, -0.15) is 13.2 Å². The smallest absolute Gasteiger partial charge is 0.367 e. The van der Waals surface area contributed by atoms with Crippen LogP contribution >= 0.6 is 15.9 Å². The maximum Gasteiger partial charge on any atom is 0.411 e. The fraction of sp³-hybridized carbons (Fsp3) is 0.467. The second-order valence-electron chi connectivity index (χ2n) is 5.31. The van der Waals surface area contributed by atoms with E-state index in [4.69, 9.17) is 0 Å². The molecule has 1 aliphatic carbocycles. The molecule has 1 aliphatic rings. The van der Waals surface area contributed by atoms with Crippen LogP contribution in [0.2, 0.25) is 0 Å². The number of alkyl halides is 3. The van der Waals surface area contributed by atoms with Crippen molar-refractivity contribution in [1.29, 1.82) is 0 Å². The lowest BCUT2D eigenvalue weighted by Gasteiger charge is -2.11. The molecule has 0 saturated heterocycles. The van der Waals surface area contributed by atoms with Gasteiger partial charge >= 0.3 is 6.18 Å². The molecular formula is C15H14BrF3O3. The van der Waals surface area contributed by atoms with Crippen molar-refractivity contribution in [3.63, 3.8) is 0 Å². The average molecular weight is 379 g/mol. The molecule has 7 heteroatoms. The highest BCUT2D eigenvalue weighted by Gasteiger charge is 2.30. The van der Waals surface area contributed by atoms with Gasteiger partial charge in [0.05, 0.1) is 6.61 Å². The average Bonchev–Trinajstić information content (AvgIpc) is 3.20. The first-order valence-corrected chi connectivity index (χ1v) is 7.56. The fourth-order valence-corrected chi connectivity index (χ4v) is 2.42. The van der Waals surface area contributed by atoms with Crippen molar-refractivity contribution in [1.82, 2.24) is 0 Å². The lowest BCUT2D eigenvalue weighted by atomic mass is 9.99. The molecule has 1 aromatic carbocycles. The summed E-state index contributed by atoms with van der Waals surface area (Å²) in [6, 6.07) is 4.50. The minimum absolute atomic E-state index is 0.107. The number of carbonyl (C=O) groups excluding carboxylic acids is 2. The Bertz CT molecular complexity index is 580. The van der Waals surface area contributed by atoms with Gasteiger partial charge in [0.25, 0.3) is 0 Å². The first-order chi connectivity index (χ1) is 10.3. The summed E-state index contributed by atoms with van der Waals surface area (Å²) in [5.74, 6) is -0.885. The number of hydrogen-bond acceptors (Lipinski definition) is 3. The molecule has 2 rings (SSSR count). The van der Waals surface area contributed by atoms with Crippen molar-refractivity contribution in [2.75, 3.05) is 6.61 Å². The highest BCUT2D eigenvalue weighted by atomic mass is 79.9. The van der Waals surface area contributed by atoms with Crippen LogP contribution in [-0.2, 0) is 16.1 Å². The summed E-state index contributed by atoms with van der Waals surface area (Å²) in [7, 11) is 0. The molecule has 22 heavy (non-hydrogen) atoms. The van der Waals surface area contributed by atoms with Gasteiger partial charge in [0, 0.05) is 16.5 Å². The third kappa shape index (κ3) is 5.21. The number of ether oxygens (including phenoxy) is 1. The van der Waals surface area contributed by atoms with E-state index in [9.17, 15) is 22.8 Å². The Morgan fingerprint density at radius 3 is 2.55 bits per heavy atom. The van der Waals surface area contributed by atoms with Crippen LogP contribution in [0.15, 0.2) is 22.7 Å². The number of halogens is 4. The van der Waals surface area contributed by atoms with Gasteiger partial charge in [-0.05, 0) is 42.5 Å². The Morgan fingerprint density at radius 2 is 1.95 bits per heavy atom. The third-order valence-corrected chi connectivity index (χ3v) is 3.75. The molecule has 1 fully saturated rings. The van der Waals surface area contributed by atoms with E-state index >= 15 is 0 Å².